The third-order valence-electron chi connectivity index (χ3n) is 2.41. The van der Waals surface area contributed by atoms with Crippen molar-refractivity contribution >= 4 is 11.6 Å². The number of hydrogen-bond acceptors (Lipinski definition) is 2. The van der Waals surface area contributed by atoms with E-state index in [1.165, 1.54) is 25.9 Å². The Bertz CT molecular complexity index is 105. The highest BCUT2D eigenvalue weighted by Gasteiger charge is 2.18. The summed E-state index contributed by atoms with van der Waals surface area (Å²) >= 11 is 5.69. The molecular weight excluding hydrogens is 174 g/mol. The first kappa shape index (κ1) is 10.3. The van der Waals surface area contributed by atoms with Gasteiger partial charge in [0.2, 0.25) is 0 Å². The molecule has 0 amide bonds. The molecule has 12 heavy (non-hydrogen) atoms. The van der Waals surface area contributed by atoms with Crippen molar-refractivity contribution in [2.45, 2.75) is 12.8 Å². The summed E-state index contributed by atoms with van der Waals surface area (Å²) in [6, 6.07) is 0. The highest BCUT2D eigenvalue weighted by molar-refractivity contribution is 6.18. The highest BCUT2D eigenvalue weighted by Crippen LogP contribution is 2.16. The molecule has 0 saturated carbocycles. The quantitative estimate of drug-likeness (QED) is 0.626. The normalized spacial score (nSPS) is 26.0. The molecule has 1 fully saturated rings. The Morgan fingerprint density at radius 1 is 1.58 bits per heavy atom. The number of halogens is 1. The van der Waals surface area contributed by atoms with Crippen LogP contribution in [0.4, 0.5) is 0 Å². The lowest BCUT2D eigenvalue weighted by molar-refractivity contribution is 0.0936. The SMILES string of the molecule is COCC1CCCN(CCCl)C1. The van der Waals surface area contributed by atoms with E-state index >= 15 is 0 Å². The van der Waals surface area contributed by atoms with Gasteiger partial charge in [-0.15, -0.1) is 11.6 Å². The Labute approximate surface area is 79.8 Å². The van der Waals surface area contributed by atoms with Gasteiger partial charge in [-0.3, -0.25) is 0 Å². The maximum absolute atomic E-state index is 5.69. The molecule has 72 valence electrons. The first-order valence-corrected chi connectivity index (χ1v) is 5.17. The number of alkyl halides is 1. The largest absolute Gasteiger partial charge is 0.384 e. The van der Waals surface area contributed by atoms with Crippen LogP contribution in [-0.4, -0.2) is 44.1 Å². The van der Waals surface area contributed by atoms with Crippen molar-refractivity contribution in [3.63, 3.8) is 0 Å². The minimum absolute atomic E-state index is 0.729. The maximum Gasteiger partial charge on any atom is 0.0502 e. The summed E-state index contributed by atoms with van der Waals surface area (Å²) < 4.78 is 5.15. The van der Waals surface area contributed by atoms with Gasteiger partial charge in [0.1, 0.15) is 0 Å². The molecule has 1 aliphatic rings. The predicted octanol–water partition coefficient (Wildman–Crippen LogP) is 1.58. The van der Waals surface area contributed by atoms with Crippen molar-refractivity contribution in [3.05, 3.63) is 0 Å². The monoisotopic (exact) mass is 191 g/mol. The fraction of sp³-hybridized carbons (Fsp3) is 1.00. The Morgan fingerprint density at radius 2 is 2.42 bits per heavy atom. The van der Waals surface area contributed by atoms with E-state index in [1.54, 1.807) is 7.11 Å². The molecule has 0 spiro atoms. The van der Waals surface area contributed by atoms with Gasteiger partial charge in [-0.1, -0.05) is 0 Å². The molecule has 0 aromatic carbocycles. The van der Waals surface area contributed by atoms with Gasteiger partial charge in [-0.2, -0.15) is 0 Å². The molecular formula is C9H18ClNO. The van der Waals surface area contributed by atoms with E-state index < -0.39 is 0 Å². The number of nitrogens with zero attached hydrogens (tertiary/aromatic N) is 1. The molecule has 1 heterocycles. The Kier molecular flexibility index (Phi) is 4.96. The smallest absolute Gasteiger partial charge is 0.0502 e. The molecule has 1 saturated heterocycles. The number of hydrogen-bond donors (Lipinski definition) is 0. The summed E-state index contributed by atoms with van der Waals surface area (Å²) in [7, 11) is 1.78. The van der Waals surface area contributed by atoms with E-state index in [2.05, 4.69) is 4.90 Å². The maximum atomic E-state index is 5.69. The van der Waals surface area contributed by atoms with Gasteiger partial charge in [0.25, 0.3) is 0 Å². The van der Waals surface area contributed by atoms with Crippen LogP contribution in [0, 0.1) is 5.92 Å². The molecule has 0 aromatic rings. The van der Waals surface area contributed by atoms with Gasteiger partial charge in [0, 0.05) is 26.1 Å². The number of ether oxygens (including phenoxy) is 1. The molecule has 1 aliphatic heterocycles. The van der Waals surface area contributed by atoms with Crippen molar-refractivity contribution in [2.24, 2.45) is 5.92 Å². The molecule has 2 nitrogen and oxygen atoms in total. The molecule has 0 aliphatic carbocycles. The zero-order chi connectivity index (χ0) is 8.81. The third kappa shape index (κ3) is 3.30. The Balaban J connectivity index is 2.20. The molecule has 3 heteroatoms. The Hall–Kier alpha value is 0.210. The van der Waals surface area contributed by atoms with Crippen LogP contribution in [0.15, 0.2) is 0 Å². The van der Waals surface area contributed by atoms with Crippen LogP contribution in [0.5, 0.6) is 0 Å². The lowest BCUT2D eigenvalue weighted by Gasteiger charge is -2.31. The van der Waals surface area contributed by atoms with Crippen molar-refractivity contribution in [1.29, 1.82) is 0 Å². The van der Waals surface area contributed by atoms with E-state index in [0.717, 1.165) is 24.9 Å². The number of piperidine rings is 1. The van der Waals surface area contributed by atoms with E-state index in [4.69, 9.17) is 16.3 Å². The van der Waals surface area contributed by atoms with Gasteiger partial charge >= 0.3 is 0 Å². The van der Waals surface area contributed by atoms with Crippen LogP contribution in [-0.2, 0) is 4.74 Å². The van der Waals surface area contributed by atoms with Crippen LogP contribution in [0.2, 0.25) is 0 Å². The van der Waals surface area contributed by atoms with Crippen molar-refractivity contribution in [1.82, 2.24) is 4.90 Å². The lowest BCUT2D eigenvalue weighted by atomic mass is 9.99. The second-order valence-electron chi connectivity index (χ2n) is 3.45. The fourth-order valence-electron chi connectivity index (χ4n) is 1.85. The third-order valence-corrected chi connectivity index (χ3v) is 2.58. The van der Waals surface area contributed by atoms with Crippen molar-refractivity contribution in [2.75, 3.05) is 39.2 Å². The summed E-state index contributed by atoms with van der Waals surface area (Å²) in [6.45, 7) is 4.31. The van der Waals surface area contributed by atoms with Crippen LogP contribution >= 0.6 is 11.6 Å². The molecule has 1 rings (SSSR count). The highest BCUT2D eigenvalue weighted by atomic mass is 35.5. The van der Waals surface area contributed by atoms with Gasteiger partial charge in [0.05, 0.1) is 6.61 Å². The standard InChI is InChI=1S/C9H18ClNO/c1-12-8-9-3-2-5-11(7-9)6-4-10/h9H,2-8H2,1H3. The topological polar surface area (TPSA) is 12.5 Å². The van der Waals surface area contributed by atoms with Gasteiger partial charge < -0.3 is 9.64 Å². The van der Waals surface area contributed by atoms with Crippen LogP contribution < -0.4 is 0 Å². The molecule has 1 unspecified atom stereocenters. The van der Waals surface area contributed by atoms with Gasteiger partial charge in [0.15, 0.2) is 0 Å². The van der Waals surface area contributed by atoms with E-state index in [9.17, 15) is 0 Å². The first-order valence-electron chi connectivity index (χ1n) is 4.64. The van der Waals surface area contributed by atoms with Crippen LogP contribution in [0.3, 0.4) is 0 Å². The fourth-order valence-corrected chi connectivity index (χ4v) is 2.08. The second kappa shape index (κ2) is 5.79. The molecule has 1 atom stereocenters. The summed E-state index contributed by atoms with van der Waals surface area (Å²) in [5.74, 6) is 1.48. The minimum Gasteiger partial charge on any atom is -0.384 e. The summed E-state index contributed by atoms with van der Waals surface area (Å²) in [5.41, 5.74) is 0. The van der Waals surface area contributed by atoms with Crippen LogP contribution in [0.1, 0.15) is 12.8 Å². The zero-order valence-electron chi connectivity index (χ0n) is 7.76. The Morgan fingerprint density at radius 3 is 3.08 bits per heavy atom. The van der Waals surface area contributed by atoms with E-state index in [-0.39, 0.29) is 0 Å². The summed E-state index contributed by atoms with van der Waals surface area (Å²) in [6.07, 6.45) is 2.61. The molecule has 0 radical (unpaired) electrons. The lowest BCUT2D eigenvalue weighted by Crippen LogP contribution is -2.38. The molecule has 0 aromatic heterocycles. The van der Waals surface area contributed by atoms with Crippen molar-refractivity contribution in [3.8, 4) is 0 Å². The van der Waals surface area contributed by atoms with E-state index in [1.807, 2.05) is 0 Å². The molecule has 0 bridgehead atoms. The van der Waals surface area contributed by atoms with E-state index in [0.29, 0.717) is 0 Å². The second-order valence-corrected chi connectivity index (χ2v) is 3.83. The zero-order valence-corrected chi connectivity index (χ0v) is 8.52. The van der Waals surface area contributed by atoms with Crippen LogP contribution in [0.25, 0.3) is 0 Å². The molecule has 0 N–H and O–H groups in total. The number of methoxy groups -OCH3 is 1. The first-order chi connectivity index (χ1) is 5.86. The average molecular weight is 192 g/mol. The summed E-state index contributed by atoms with van der Waals surface area (Å²) in [4.78, 5) is 2.43. The average Bonchev–Trinajstić information content (AvgIpc) is 2.06. The van der Waals surface area contributed by atoms with Gasteiger partial charge in [-0.25, -0.2) is 0 Å². The predicted molar refractivity (Wildman–Crippen MR) is 51.8 cm³/mol. The van der Waals surface area contributed by atoms with Gasteiger partial charge in [-0.05, 0) is 25.3 Å². The van der Waals surface area contributed by atoms with Crippen molar-refractivity contribution < 1.29 is 4.74 Å². The minimum atomic E-state index is 0.729. The number of rotatable bonds is 4. The summed E-state index contributed by atoms with van der Waals surface area (Å²) in [5, 5.41) is 0. The number of likely N-dealkylation sites (tertiary alicyclic amines) is 1.